The summed E-state index contributed by atoms with van der Waals surface area (Å²) in [6.45, 7) is 1.39. The van der Waals surface area contributed by atoms with Crippen LogP contribution in [-0.2, 0) is 9.53 Å². The number of hydrogen-bond acceptors (Lipinski definition) is 4. The van der Waals surface area contributed by atoms with Gasteiger partial charge >= 0.3 is 0 Å². The van der Waals surface area contributed by atoms with Crippen molar-refractivity contribution >= 4 is 28.5 Å². The summed E-state index contributed by atoms with van der Waals surface area (Å²) in [5, 5.41) is 4.41. The van der Waals surface area contributed by atoms with E-state index in [9.17, 15) is 14.4 Å². The van der Waals surface area contributed by atoms with Crippen LogP contribution in [0.5, 0.6) is 0 Å². The summed E-state index contributed by atoms with van der Waals surface area (Å²) in [6.07, 6.45) is 1.47. The molecule has 0 aliphatic carbocycles. The molecule has 2 aromatic carbocycles. The van der Waals surface area contributed by atoms with Crippen molar-refractivity contribution in [1.82, 2.24) is 10.2 Å². The molecule has 0 unspecified atom stereocenters. The Bertz CT molecular complexity index is 796. The van der Waals surface area contributed by atoms with E-state index >= 15 is 0 Å². The van der Waals surface area contributed by atoms with Crippen LogP contribution in [0.2, 0.25) is 0 Å². The Kier molecular flexibility index (Phi) is 5.63. The fourth-order valence-corrected chi connectivity index (χ4v) is 3.21. The molecule has 26 heavy (non-hydrogen) atoms. The van der Waals surface area contributed by atoms with Crippen molar-refractivity contribution in [1.29, 1.82) is 0 Å². The van der Waals surface area contributed by atoms with Crippen LogP contribution in [0.4, 0.5) is 0 Å². The second-order valence-corrected chi connectivity index (χ2v) is 6.27. The number of nitrogens with zero attached hydrogens (tertiary/aromatic N) is 1. The highest BCUT2D eigenvalue weighted by atomic mass is 16.5. The van der Waals surface area contributed by atoms with Gasteiger partial charge in [-0.15, -0.1) is 0 Å². The van der Waals surface area contributed by atoms with Crippen molar-refractivity contribution in [3.8, 4) is 0 Å². The van der Waals surface area contributed by atoms with E-state index in [1.807, 2.05) is 24.3 Å². The fraction of sp³-hybridized carbons (Fsp3) is 0.350. The van der Waals surface area contributed by atoms with Gasteiger partial charge in [0.15, 0.2) is 0 Å². The predicted molar refractivity (Wildman–Crippen MR) is 98.1 cm³/mol. The van der Waals surface area contributed by atoms with Crippen molar-refractivity contribution in [2.75, 3.05) is 26.8 Å². The third-order valence-corrected chi connectivity index (χ3v) is 4.49. The third kappa shape index (κ3) is 3.60. The number of carbonyl (C=O) groups excluding carboxylic acids is 3. The average Bonchev–Trinajstić information content (AvgIpc) is 2.66. The minimum Gasteiger partial charge on any atom is -0.385 e. The van der Waals surface area contributed by atoms with E-state index in [4.69, 9.17) is 4.74 Å². The molecule has 136 valence electrons. The number of hydrogen-bond donors (Lipinski definition) is 1. The Balaban J connectivity index is 1.63. The lowest BCUT2D eigenvalue weighted by Crippen LogP contribution is -2.41. The molecule has 3 rings (SSSR count). The SMILES string of the molecule is COCCCNC(=O)CCCN1C(=O)c2cccc3cccc(c23)C1=O. The van der Waals surface area contributed by atoms with Crippen LogP contribution >= 0.6 is 0 Å². The molecule has 1 aliphatic rings. The van der Waals surface area contributed by atoms with Gasteiger partial charge < -0.3 is 10.1 Å². The summed E-state index contributed by atoms with van der Waals surface area (Å²) in [5.74, 6) is -0.667. The van der Waals surface area contributed by atoms with Crippen molar-refractivity contribution in [3.05, 3.63) is 47.5 Å². The Morgan fingerprint density at radius 2 is 1.69 bits per heavy atom. The fourth-order valence-electron chi connectivity index (χ4n) is 3.21. The van der Waals surface area contributed by atoms with E-state index in [0.29, 0.717) is 30.7 Å². The molecule has 0 atom stereocenters. The Morgan fingerprint density at radius 1 is 1.04 bits per heavy atom. The van der Waals surface area contributed by atoms with Crippen LogP contribution in [0.1, 0.15) is 40.0 Å². The number of amides is 3. The molecule has 0 radical (unpaired) electrons. The lowest BCUT2D eigenvalue weighted by atomic mass is 9.94. The van der Waals surface area contributed by atoms with Gasteiger partial charge in [-0.05, 0) is 30.4 Å². The molecule has 6 nitrogen and oxygen atoms in total. The third-order valence-electron chi connectivity index (χ3n) is 4.49. The van der Waals surface area contributed by atoms with Gasteiger partial charge in [-0.25, -0.2) is 0 Å². The van der Waals surface area contributed by atoms with Gasteiger partial charge in [0.05, 0.1) is 0 Å². The number of methoxy groups -OCH3 is 1. The minimum atomic E-state index is -0.292. The van der Waals surface area contributed by atoms with Crippen molar-refractivity contribution in [3.63, 3.8) is 0 Å². The quantitative estimate of drug-likeness (QED) is 0.583. The number of carbonyl (C=O) groups is 3. The molecular formula is C20H22N2O4. The smallest absolute Gasteiger partial charge is 0.261 e. The van der Waals surface area contributed by atoms with E-state index in [-0.39, 0.29) is 30.7 Å². The first-order valence-corrected chi connectivity index (χ1v) is 8.77. The molecule has 3 amide bonds. The summed E-state index contributed by atoms with van der Waals surface area (Å²) in [6, 6.07) is 10.9. The topological polar surface area (TPSA) is 75.7 Å². The van der Waals surface area contributed by atoms with Crippen LogP contribution in [0, 0.1) is 0 Å². The van der Waals surface area contributed by atoms with E-state index < -0.39 is 0 Å². The summed E-state index contributed by atoms with van der Waals surface area (Å²) in [5.41, 5.74) is 1.09. The van der Waals surface area contributed by atoms with E-state index in [1.54, 1.807) is 19.2 Å². The van der Waals surface area contributed by atoms with E-state index in [1.165, 1.54) is 4.90 Å². The maximum Gasteiger partial charge on any atom is 0.261 e. The number of ether oxygens (including phenoxy) is 1. The van der Waals surface area contributed by atoms with Gasteiger partial charge in [0.1, 0.15) is 0 Å². The molecule has 0 bridgehead atoms. The number of rotatable bonds is 8. The molecule has 1 aliphatic heterocycles. The van der Waals surface area contributed by atoms with Gasteiger partial charge in [-0.3, -0.25) is 19.3 Å². The monoisotopic (exact) mass is 354 g/mol. The highest BCUT2D eigenvalue weighted by Crippen LogP contribution is 2.29. The Hall–Kier alpha value is -2.73. The molecule has 0 aromatic heterocycles. The van der Waals surface area contributed by atoms with Crippen molar-refractivity contribution in [2.45, 2.75) is 19.3 Å². The van der Waals surface area contributed by atoms with Gasteiger partial charge in [-0.2, -0.15) is 0 Å². The highest BCUT2D eigenvalue weighted by Gasteiger charge is 2.32. The normalized spacial score (nSPS) is 13.3. The molecule has 1 N–H and O–H groups in total. The Morgan fingerprint density at radius 3 is 2.31 bits per heavy atom. The van der Waals surface area contributed by atoms with E-state index in [0.717, 1.165) is 17.2 Å². The van der Waals surface area contributed by atoms with Gasteiger partial charge in [0, 0.05) is 49.7 Å². The van der Waals surface area contributed by atoms with Gasteiger partial charge in [0.2, 0.25) is 5.91 Å². The number of nitrogens with one attached hydrogen (secondary N) is 1. The van der Waals surface area contributed by atoms with Crippen LogP contribution in [-0.4, -0.2) is 49.4 Å². The summed E-state index contributed by atoms with van der Waals surface area (Å²) in [4.78, 5) is 38.5. The zero-order valence-corrected chi connectivity index (χ0v) is 14.8. The standard InChI is InChI=1S/C20H22N2O4/c1-26-13-5-11-21-17(23)10-4-12-22-19(24)15-8-2-6-14-7-3-9-16(18(14)15)20(22)25/h2-3,6-9H,4-5,10-13H2,1H3,(H,21,23). The second kappa shape index (κ2) is 8.10. The lowest BCUT2D eigenvalue weighted by molar-refractivity contribution is -0.121. The molecular weight excluding hydrogens is 332 g/mol. The number of imide groups is 1. The van der Waals surface area contributed by atoms with Gasteiger partial charge in [0.25, 0.3) is 11.8 Å². The predicted octanol–water partition coefficient (Wildman–Crippen LogP) is 2.37. The van der Waals surface area contributed by atoms with Crippen LogP contribution in [0.15, 0.2) is 36.4 Å². The maximum atomic E-state index is 12.7. The Labute approximate surface area is 152 Å². The first-order valence-electron chi connectivity index (χ1n) is 8.77. The highest BCUT2D eigenvalue weighted by molar-refractivity contribution is 6.25. The second-order valence-electron chi connectivity index (χ2n) is 6.27. The molecule has 1 heterocycles. The maximum absolute atomic E-state index is 12.7. The number of benzene rings is 2. The minimum absolute atomic E-state index is 0.0829. The molecule has 6 heteroatoms. The molecule has 0 saturated carbocycles. The first-order chi connectivity index (χ1) is 12.6. The average molecular weight is 354 g/mol. The summed E-state index contributed by atoms with van der Waals surface area (Å²) < 4.78 is 4.93. The molecule has 0 saturated heterocycles. The van der Waals surface area contributed by atoms with Crippen LogP contribution < -0.4 is 5.32 Å². The lowest BCUT2D eigenvalue weighted by Gasteiger charge is -2.27. The van der Waals surface area contributed by atoms with Crippen molar-refractivity contribution < 1.29 is 19.1 Å². The largest absolute Gasteiger partial charge is 0.385 e. The summed E-state index contributed by atoms with van der Waals surface area (Å²) in [7, 11) is 1.62. The van der Waals surface area contributed by atoms with Crippen molar-refractivity contribution in [2.24, 2.45) is 0 Å². The van der Waals surface area contributed by atoms with Crippen LogP contribution in [0.25, 0.3) is 10.8 Å². The molecule has 0 spiro atoms. The summed E-state index contributed by atoms with van der Waals surface area (Å²) >= 11 is 0. The first kappa shape index (κ1) is 18.1. The van der Waals surface area contributed by atoms with Crippen LogP contribution in [0.3, 0.4) is 0 Å². The van der Waals surface area contributed by atoms with Gasteiger partial charge in [-0.1, -0.05) is 24.3 Å². The molecule has 0 fully saturated rings. The molecule has 2 aromatic rings. The zero-order chi connectivity index (χ0) is 18.5. The van der Waals surface area contributed by atoms with E-state index in [2.05, 4.69) is 5.32 Å². The zero-order valence-electron chi connectivity index (χ0n) is 14.8.